The van der Waals surface area contributed by atoms with Gasteiger partial charge in [0, 0.05) is 5.69 Å². The number of nitrogens with zero attached hydrogens (tertiary/aromatic N) is 2. The van der Waals surface area contributed by atoms with Crippen LogP contribution in [0.2, 0.25) is 0 Å². The van der Waals surface area contributed by atoms with Gasteiger partial charge < -0.3 is 10.0 Å². The number of anilines is 1. The van der Waals surface area contributed by atoms with Gasteiger partial charge in [0.05, 0.1) is 12.1 Å². The van der Waals surface area contributed by atoms with Crippen LogP contribution in [0.3, 0.4) is 0 Å². The van der Waals surface area contributed by atoms with Crippen LogP contribution in [-0.2, 0) is 6.42 Å². The van der Waals surface area contributed by atoms with Crippen LogP contribution in [0.5, 0.6) is 0 Å². The Bertz CT molecular complexity index is 822. The Morgan fingerprint density at radius 3 is 2.45 bits per heavy atom. The molecule has 0 aromatic heterocycles. The lowest BCUT2D eigenvalue weighted by atomic mass is 10.0. The van der Waals surface area contributed by atoms with Gasteiger partial charge in [-0.15, -0.1) is 0 Å². The van der Waals surface area contributed by atoms with Crippen LogP contribution in [0, 0.1) is 0 Å². The van der Waals surface area contributed by atoms with Gasteiger partial charge in [-0.25, -0.2) is 0 Å². The number of likely N-dealkylation sites (tertiary alicyclic amines) is 1. The second kappa shape index (κ2) is 9.15. The standard InChI is InChI=1S/C26H34N2O/c1-20(2)11-10-16-24(27-17-8-9-18-27)26(29)28-23-15-7-6-14-22(23)19-25(28)21-12-4-3-5-13-21/h3-7,11-15,24-26,29H,8-10,16-19H2,1-2H3. The quantitative estimate of drug-likeness (QED) is 0.648. The predicted molar refractivity (Wildman–Crippen MR) is 121 cm³/mol. The third-order valence-electron chi connectivity index (χ3n) is 6.46. The average molecular weight is 391 g/mol. The van der Waals surface area contributed by atoms with Crippen molar-refractivity contribution in [1.82, 2.24) is 4.90 Å². The SMILES string of the molecule is CC(C)=CCCC(C(O)N1c2ccccc2CC1c1ccccc1)N1CCCC1. The summed E-state index contributed by atoms with van der Waals surface area (Å²) in [4.78, 5) is 4.82. The molecule has 0 radical (unpaired) electrons. The minimum atomic E-state index is -0.507. The Labute approximate surface area is 175 Å². The fraction of sp³-hybridized carbons (Fsp3) is 0.462. The number of hydrogen-bond donors (Lipinski definition) is 1. The molecule has 3 unspecified atom stereocenters. The van der Waals surface area contributed by atoms with Crippen molar-refractivity contribution < 1.29 is 5.11 Å². The number of rotatable bonds is 7. The molecule has 2 aromatic carbocycles. The first-order valence-electron chi connectivity index (χ1n) is 11.1. The van der Waals surface area contributed by atoms with Gasteiger partial charge in [-0.2, -0.15) is 0 Å². The van der Waals surface area contributed by atoms with Crippen molar-refractivity contribution in [3.8, 4) is 0 Å². The molecule has 1 saturated heterocycles. The average Bonchev–Trinajstić information content (AvgIpc) is 3.39. The molecule has 3 heteroatoms. The van der Waals surface area contributed by atoms with Gasteiger partial charge in [0.2, 0.25) is 0 Å². The van der Waals surface area contributed by atoms with E-state index in [4.69, 9.17) is 0 Å². The highest BCUT2D eigenvalue weighted by atomic mass is 16.3. The van der Waals surface area contributed by atoms with E-state index in [0.717, 1.165) is 32.4 Å². The summed E-state index contributed by atoms with van der Waals surface area (Å²) in [5, 5.41) is 11.8. The zero-order valence-corrected chi connectivity index (χ0v) is 17.8. The molecule has 3 atom stereocenters. The lowest BCUT2D eigenvalue weighted by Crippen LogP contribution is -2.51. The van der Waals surface area contributed by atoms with E-state index in [1.807, 2.05) is 0 Å². The Morgan fingerprint density at radius 1 is 1.03 bits per heavy atom. The van der Waals surface area contributed by atoms with Crippen molar-refractivity contribution in [3.63, 3.8) is 0 Å². The number of allylic oxidation sites excluding steroid dienone is 2. The van der Waals surface area contributed by atoms with Crippen molar-refractivity contribution >= 4 is 5.69 Å². The normalized spacial score (nSPS) is 21.1. The summed E-state index contributed by atoms with van der Waals surface area (Å²) in [6, 6.07) is 19.6. The molecule has 29 heavy (non-hydrogen) atoms. The maximum atomic E-state index is 11.8. The molecule has 1 N–H and O–H groups in total. The summed E-state index contributed by atoms with van der Waals surface area (Å²) in [5.74, 6) is 0. The summed E-state index contributed by atoms with van der Waals surface area (Å²) in [6.45, 7) is 6.51. The summed E-state index contributed by atoms with van der Waals surface area (Å²) >= 11 is 0. The van der Waals surface area contributed by atoms with E-state index in [0.29, 0.717) is 0 Å². The van der Waals surface area contributed by atoms with E-state index < -0.39 is 6.23 Å². The molecule has 0 saturated carbocycles. The molecule has 2 aliphatic heterocycles. The molecule has 0 aliphatic carbocycles. The molecule has 4 rings (SSSR count). The van der Waals surface area contributed by atoms with E-state index in [1.165, 1.54) is 35.2 Å². The number of benzene rings is 2. The van der Waals surface area contributed by atoms with Crippen molar-refractivity contribution in [3.05, 3.63) is 77.4 Å². The van der Waals surface area contributed by atoms with Crippen LogP contribution < -0.4 is 4.90 Å². The van der Waals surface area contributed by atoms with Gasteiger partial charge in [0.15, 0.2) is 0 Å². The van der Waals surface area contributed by atoms with Gasteiger partial charge in [-0.1, -0.05) is 60.2 Å². The van der Waals surface area contributed by atoms with Crippen LogP contribution in [0.4, 0.5) is 5.69 Å². The minimum absolute atomic E-state index is 0.158. The fourth-order valence-corrected chi connectivity index (χ4v) is 5.01. The van der Waals surface area contributed by atoms with E-state index in [-0.39, 0.29) is 12.1 Å². The fourth-order valence-electron chi connectivity index (χ4n) is 5.01. The van der Waals surface area contributed by atoms with E-state index in [9.17, 15) is 5.11 Å². The Hall–Kier alpha value is -2.10. The molecule has 2 aromatic rings. The molecular formula is C26H34N2O. The van der Waals surface area contributed by atoms with Gasteiger partial charge in [0.1, 0.15) is 6.23 Å². The van der Waals surface area contributed by atoms with Gasteiger partial charge >= 0.3 is 0 Å². The topological polar surface area (TPSA) is 26.7 Å². The van der Waals surface area contributed by atoms with Gasteiger partial charge in [-0.05, 0) is 76.2 Å². The number of aliphatic hydroxyl groups is 1. The summed E-state index contributed by atoms with van der Waals surface area (Å²) in [7, 11) is 0. The zero-order valence-electron chi connectivity index (χ0n) is 17.8. The second-order valence-corrected chi connectivity index (χ2v) is 8.75. The van der Waals surface area contributed by atoms with Crippen LogP contribution in [0.25, 0.3) is 0 Å². The summed E-state index contributed by atoms with van der Waals surface area (Å²) in [6.07, 6.45) is 7.25. The number of hydrogen-bond acceptors (Lipinski definition) is 3. The first-order chi connectivity index (χ1) is 14.1. The lowest BCUT2D eigenvalue weighted by Gasteiger charge is -2.40. The molecule has 0 bridgehead atoms. The molecule has 154 valence electrons. The Kier molecular flexibility index (Phi) is 6.37. The van der Waals surface area contributed by atoms with Crippen molar-refractivity contribution in [2.45, 2.75) is 64.3 Å². The largest absolute Gasteiger partial charge is 0.372 e. The van der Waals surface area contributed by atoms with Crippen molar-refractivity contribution in [2.24, 2.45) is 0 Å². The van der Waals surface area contributed by atoms with Gasteiger partial charge in [-0.3, -0.25) is 4.90 Å². The van der Waals surface area contributed by atoms with Crippen LogP contribution >= 0.6 is 0 Å². The first-order valence-corrected chi connectivity index (χ1v) is 11.1. The third kappa shape index (κ3) is 4.41. The smallest absolute Gasteiger partial charge is 0.143 e. The molecule has 1 fully saturated rings. The maximum Gasteiger partial charge on any atom is 0.143 e. The molecule has 0 spiro atoms. The van der Waals surface area contributed by atoms with Crippen LogP contribution in [0.1, 0.15) is 56.7 Å². The molecule has 0 amide bonds. The lowest BCUT2D eigenvalue weighted by molar-refractivity contribution is 0.0501. The number of fused-ring (bicyclic) bond motifs is 1. The Morgan fingerprint density at radius 2 is 1.72 bits per heavy atom. The first kappa shape index (κ1) is 20.2. The maximum absolute atomic E-state index is 11.8. The highest BCUT2D eigenvalue weighted by Crippen LogP contribution is 2.42. The summed E-state index contributed by atoms with van der Waals surface area (Å²) in [5.41, 5.74) is 5.17. The molecule has 2 heterocycles. The van der Waals surface area contributed by atoms with Crippen LogP contribution in [0.15, 0.2) is 66.2 Å². The zero-order chi connectivity index (χ0) is 20.2. The second-order valence-electron chi connectivity index (χ2n) is 8.75. The van der Waals surface area contributed by atoms with Crippen molar-refractivity contribution in [2.75, 3.05) is 18.0 Å². The number of para-hydroxylation sites is 1. The summed E-state index contributed by atoms with van der Waals surface area (Å²) < 4.78 is 0. The van der Waals surface area contributed by atoms with Crippen molar-refractivity contribution in [1.29, 1.82) is 0 Å². The highest BCUT2D eigenvalue weighted by molar-refractivity contribution is 5.61. The Balaban J connectivity index is 1.65. The predicted octanol–water partition coefficient (Wildman–Crippen LogP) is 5.32. The number of aliphatic hydroxyl groups excluding tert-OH is 1. The van der Waals surface area contributed by atoms with E-state index >= 15 is 0 Å². The molecule has 2 aliphatic rings. The molecule has 3 nitrogen and oxygen atoms in total. The van der Waals surface area contributed by atoms with Gasteiger partial charge in [0.25, 0.3) is 0 Å². The van der Waals surface area contributed by atoms with Crippen LogP contribution in [-0.4, -0.2) is 35.4 Å². The highest BCUT2D eigenvalue weighted by Gasteiger charge is 2.39. The van der Waals surface area contributed by atoms with E-state index in [2.05, 4.69) is 84.3 Å². The minimum Gasteiger partial charge on any atom is -0.372 e. The van der Waals surface area contributed by atoms with E-state index in [1.54, 1.807) is 0 Å². The monoisotopic (exact) mass is 390 g/mol. The third-order valence-corrected chi connectivity index (χ3v) is 6.46. The molecular weight excluding hydrogens is 356 g/mol.